The summed E-state index contributed by atoms with van der Waals surface area (Å²) in [6.45, 7) is 1.90. The number of aryl methyl sites for hydroxylation is 1. The molecule has 2 aromatic rings. The van der Waals surface area contributed by atoms with Crippen molar-refractivity contribution < 1.29 is 4.52 Å². The molecule has 2 aliphatic rings. The Morgan fingerprint density at radius 3 is 2.64 bits per heavy atom. The van der Waals surface area contributed by atoms with E-state index in [1.807, 2.05) is 6.92 Å². The summed E-state index contributed by atoms with van der Waals surface area (Å²) in [5, 5.41) is 4.02. The average molecular weight is 320 g/mol. The van der Waals surface area contributed by atoms with Crippen LogP contribution in [0.4, 0.5) is 0 Å². The molecule has 0 spiro atoms. The highest BCUT2D eigenvalue weighted by molar-refractivity contribution is 5.85. The summed E-state index contributed by atoms with van der Waals surface area (Å²) >= 11 is 0. The van der Waals surface area contributed by atoms with Crippen molar-refractivity contribution in [2.75, 3.05) is 7.05 Å². The molecule has 0 saturated carbocycles. The van der Waals surface area contributed by atoms with Gasteiger partial charge in [-0.15, -0.1) is 12.4 Å². The quantitative estimate of drug-likeness (QED) is 0.849. The van der Waals surface area contributed by atoms with Crippen LogP contribution in [0.25, 0.3) is 0 Å². The maximum atomic E-state index is 5.57. The van der Waals surface area contributed by atoms with Crippen LogP contribution in [0, 0.1) is 6.92 Å². The standard InChI is InChI=1S/C17H21N3O.ClH/c1-11-18-17(21-19-11)16-14(12-6-4-3-5-7-12)10-13-8-9-15(16)20(13)2;/h3-7,13-16H,8-10H2,1-2H3;1H/t13-,14+,15+,16-;/m0./s1. The molecule has 0 radical (unpaired) electrons. The molecule has 1 aromatic heterocycles. The summed E-state index contributed by atoms with van der Waals surface area (Å²) < 4.78 is 5.57. The van der Waals surface area contributed by atoms with Crippen molar-refractivity contribution in [1.29, 1.82) is 0 Å². The van der Waals surface area contributed by atoms with Gasteiger partial charge in [0.15, 0.2) is 5.82 Å². The average Bonchev–Trinajstić information content (AvgIpc) is 3.01. The molecule has 118 valence electrons. The molecule has 0 amide bonds. The van der Waals surface area contributed by atoms with Crippen LogP contribution in [0.3, 0.4) is 0 Å². The van der Waals surface area contributed by atoms with Gasteiger partial charge in [0.25, 0.3) is 0 Å². The van der Waals surface area contributed by atoms with Crippen molar-refractivity contribution in [2.45, 2.75) is 50.1 Å². The number of hydrogen-bond donors (Lipinski definition) is 0. The SMILES string of the molecule is Cc1noc([C@H]2[C@@H](c3ccccc3)C[C@@H]3CC[C@H]2N3C)n1.Cl. The van der Waals surface area contributed by atoms with Crippen LogP contribution in [0.1, 0.15) is 48.4 Å². The predicted molar refractivity (Wildman–Crippen MR) is 87.4 cm³/mol. The maximum absolute atomic E-state index is 5.57. The van der Waals surface area contributed by atoms with Gasteiger partial charge in [-0.25, -0.2) is 0 Å². The first-order valence-electron chi connectivity index (χ1n) is 7.81. The fraction of sp³-hybridized carbons (Fsp3) is 0.529. The van der Waals surface area contributed by atoms with Gasteiger partial charge in [0.05, 0.1) is 5.92 Å². The molecule has 0 unspecified atom stereocenters. The minimum absolute atomic E-state index is 0. The van der Waals surface area contributed by atoms with Crippen LogP contribution in [0.5, 0.6) is 0 Å². The Morgan fingerprint density at radius 2 is 1.95 bits per heavy atom. The number of piperidine rings is 1. The molecule has 4 nitrogen and oxygen atoms in total. The maximum Gasteiger partial charge on any atom is 0.231 e. The third-order valence-electron chi connectivity index (χ3n) is 5.32. The molecule has 2 bridgehead atoms. The number of benzene rings is 1. The number of rotatable bonds is 2. The number of likely N-dealkylation sites (N-methyl/N-ethyl adjacent to an activating group) is 1. The van der Waals surface area contributed by atoms with E-state index >= 15 is 0 Å². The van der Waals surface area contributed by atoms with E-state index in [0.717, 1.165) is 11.7 Å². The normalized spacial score (nSPS) is 31.0. The second-order valence-corrected chi connectivity index (χ2v) is 6.42. The third-order valence-corrected chi connectivity index (χ3v) is 5.32. The smallest absolute Gasteiger partial charge is 0.231 e. The van der Waals surface area contributed by atoms with Crippen LogP contribution in [-0.2, 0) is 0 Å². The fourth-order valence-corrected chi connectivity index (χ4v) is 4.29. The zero-order valence-electron chi connectivity index (χ0n) is 13.0. The Kier molecular flexibility index (Phi) is 4.24. The van der Waals surface area contributed by atoms with Crippen LogP contribution in [0.15, 0.2) is 34.9 Å². The van der Waals surface area contributed by atoms with Crippen molar-refractivity contribution in [2.24, 2.45) is 0 Å². The first-order chi connectivity index (χ1) is 10.2. The Balaban J connectivity index is 0.00000144. The largest absolute Gasteiger partial charge is 0.339 e. The van der Waals surface area contributed by atoms with Gasteiger partial charge in [-0.1, -0.05) is 35.5 Å². The third kappa shape index (κ3) is 2.44. The highest BCUT2D eigenvalue weighted by atomic mass is 35.5. The number of hydrogen-bond acceptors (Lipinski definition) is 4. The monoisotopic (exact) mass is 319 g/mol. The molecular weight excluding hydrogens is 298 g/mol. The summed E-state index contributed by atoms with van der Waals surface area (Å²) in [6.07, 6.45) is 3.70. The van der Waals surface area contributed by atoms with Gasteiger partial charge in [-0.05, 0) is 44.7 Å². The lowest BCUT2D eigenvalue weighted by atomic mass is 9.76. The molecule has 4 rings (SSSR count). The minimum Gasteiger partial charge on any atom is -0.339 e. The van der Waals surface area contributed by atoms with E-state index in [1.165, 1.54) is 24.8 Å². The van der Waals surface area contributed by atoms with Crippen LogP contribution in [-0.4, -0.2) is 34.2 Å². The Bertz CT molecular complexity index is 630. The first-order valence-corrected chi connectivity index (χ1v) is 7.81. The predicted octanol–water partition coefficient (Wildman–Crippen LogP) is 3.53. The van der Waals surface area contributed by atoms with Crippen molar-refractivity contribution in [3.63, 3.8) is 0 Å². The first kappa shape index (κ1) is 15.5. The van der Waals surface area contributed by atoms with Gasteiger partial charge in [-0.3, -0.25) is 4.90 Å². The van der Waals surface area contributed by atoms with Gasteiger partial charge >= 0.3 is 0 Å². The lowest BCUT2D eigenvalue weighted by molar-refractivity contribution is 0.120. The Morgan fingerprint density at radius 1 is 1.18 bits per heavy atom. The van der Waals surface area contributed by atoms with E-state index < -0.39 is 0 Å². The van der Waals surface area contributed by atoms with E-state index in [-0.39, 0.29) is 12.4 Å². The highest BCUT2D eigenvalue weighted by Gasteiger charge is 2.48. The summed E-state index contributed by atoms with van der Waals surface area (Å²) in [6, 6.07) is 12.0. The van der Waals surface area contributed by atoms with Gasteiger partial charge in [0.1, 0.15) is 0 Å². The van der Waals surface area contributed by atoms with Crippen molar-refractivity contribution in [1.82, 2.24) is 15.0 Å². The number of nitrogens with zero attached hydrogens (tertiary/aromatic N) is 3. The molecule has 2 saturated heterocycles. The van der Waals surface area contributed by atoms with Gasteiger partial charge in [0.2, 0.25) is 5.89 Å². The second kappa shape index (κ2) is 6.01. The minimum atomic E-state index is 0. The lowest BCUT2D eigenvalue weighted by Crippen LogP contribution is -2.44. The summed E-state index contributed by atoms with van der Waals surface area (Å²) in [4.78, 5) is 7.09. The highest BCUT2D eigenvalue weighted by Crippen LogP contribution is 2.50. The van der Waals surface area contributed by atoms with Crippen LogP contribution < -0.4 is 0 Å². The van der Waals surface area contributed by atoms with E-state index in [1.54, 1.807) is 0 Å². The van der Waals surface area contributed by atoms with Crippen molar-refractivity contribution >= 4 is 12.4 Å². The van der Waals surface area contributed by atoms with E-state index in [4.69, 9.17) is 4.52 Å². The number of halogens is 1. The van der Waals surface area contributed by atoms with Crippen LogP contribution in [0.2, 0.25) is 0 Å². The molecular formula is C17H22ClN3O. The van der Waals surface area contributed by atoms with Gasteiger partial charge in [-0.2, -0.15) is 4.98 Å². The Hall–Kier alpha value is -1.39. The molecule has 0 aliphatic carbocycles. The van der Waals surface area contributed by atoms with E-state index in [2.05, 4.69) is 52.4 Å². The van der Waals surface area contributed by atoms with Crippen molar-refractivity contribution in [3.8, 4) is 0 Å². The van der Waals surface area contributed by atoms with Gasteiger partial charge < -0.3 is 4.52 Å². The molecule has 22 heavy (non-hydrogen) atoms. The fourth-order valence-electron chi connectivity index (χ4n) is 4.29. The molecule has 0 N–H and O–H groups in total. The lowest BCUT2D eigenvalue weighted by Gasteiger charge is -2.41. The van der Waals surface area contributed by atoms with E-state index in [9.17, 15) is 0 Å². The zero-order chi connectivity index (χ0) is 14.4. The zero-order valence-corrected chi connectivity index (χ0v) is 13.8. The topological polar surface area (TPSA) is 42.2 Å². The number of fused-ring (bicyclic) bond motifs is 2. The molecule has 2 fully saturated rings. The second-order valence-electron chi connectivity index (χ2n) is 6.42. The molecule has 1 aromatic carbocycles. The summed E-state index contributed by atoms with van der Waals surface area (Å²) in [7, 11) is 2.25. The summed E-state index contributed by atoms with van der Waals surface area (Å²) in [5.74, 6) is 2.36. The molecule has 4 atom stereocenters. The number of aromatic nitrogens is 2. The van der Waals surface area contributed by atoms with Gasteiger partial charge in [0, 0.05) is 12.1 Å². The van der Waals surface area contributed by atoms with Crippen molar-refractivity contribution in [3.05, 3.63) is 47.6 Å². The van der Waals surface area contributed by atoms with E-state index in [0.29, 0.717) is 23.9 Å². The molecule has 2 aliphatic heterocycles. The summed E-state index contributed by atoms with van der Waals surface area (Å²) in [5.41, 5.74) is 1.41. The van der Waals surface area contributed by atoms with Crippen LogP contribution >= 0.6 is 12.4 Å². The molecule has 5 heteroatoms. The molecule has 3 heterocycles. The Labute approximate surface area is 137 Å².